The summed E-state index contributed by atoms with van der Waals surface area (Å²) in [5, 5.41) is 7.48. The van der Waals surface area contributed by atoms with Crippen molar-refractivity contribution in [1.29, 1.82) is 0 Å². The molecule has 2 nitrogen and oxygen atoms in total. The highest BCUT2D eigenvalue weighted by molar-refractivity contribution is 6.66. The van der Waals surface area contributed by atoms with Crippen LogP contribution in [0.4, 0.5) is 5.69 Å². The van der Waals surface area contributed by atoms with E-state index in [1.54, 1.807) is 0 Å². The molecule has 0 aliphatic carbocycles. The molecule has 3 heteroatoms. The predicted molar refractivity (Wildman–Crippen MR) is 93.0 cm³/mol. The summed E-state index contributed by atoms with van der Waals surface area (Å²) < 4.78 is 0. The zero-order valence-electron chi connectivity index (χ0n) is 13.4. The Bertz CT molecular complexity index is 427. The van der Waals surface area contributed by atoms with Crippen molar-refractivity contribution >= 4 is 12.5 Å². The highest BCUT2D eigenvalue weighted by Crippen LogP contribution is 2.46. The molecule has 2 N–H and O–H groups in total. The normalized spacial score (nSPS) is 24.9. The molecule has 3 rings (SSSR count). The number of benzene rings is 1. The van der Waals surface area contributed by atoms with E-state index in [1.807, 2.05) is 0 Å². The number of anilines is 1. The summed E-state index contributed by atoms with van der Waals surface area (Å²) in [5.41, 5.74) is 2.79. The molecule has 1 aromatic carbocycles. The smallest absolute Gasteiger partial charge is 0.258 e. The zero-order chi connectivity index (χ0) is 14.5. The SMILES string of the molecule is CCCNCc1ccccc1NB1C2CCCC1CCC2. The first-order chi connectivity index (χ1) is 10.4. The minimum atomic E-state index is 0.722. The van der Waals surface area contributed by atoms with E-state index in [0.717, 1.165) is 31.6 Å². The standard InChI is InChI=1S/C18H29BN2/c1-2-13-20-14-15-7-3-4-12-18(15)21-19-16-8-5-9-17(19)11-6-10-16/h3-4,7,12,16-17,20-21H,2,5-6,8-11,13-14H2,1H3. The van der Waals surface area contributed by atoms with Crippen molar-refractivity contribution in [2.24, 2.45) is 0 Å². The van der Waals surface area contributed by atoms with Crippen LogP contribution in [0.2, 0.25) is 11.6 Å². The second kappa shape index (κ2) is 7.35. The average Bonchev–Trinajstić information content (AvgIpc) is 2.49. The van der Waals surface area contributed by atoms with Crippen molar-refractivity contribution in [2.45, 2.75) is 70.0 Å². The molecule has 0 unspecified atom stereocenters. The van der Waals surface area contributed by atoms with E-state index in [0.29, 0.717) is 0 Å². The van der Waals surface area contributed by atoms with Gasteiger partial charge in [-0.05, 0) is 36.2 Å². The van der Waals surface area contributed by atoms with Gasteiger partial charge in [0, 0.05) is 12.2 Å². The maximum absolute atomic E-state index is 3.94. The topological polar surface area (TPSA) is 24.1 Å². The molecule has 2 saturated heterocycles. The van der Waals surface area contributed by atoms with Crippen LogP contribution in [0.15, 0.2) is 24.3 Å². The van der Waals surface area contributed by atoms with E-state index in [4.69, 9.17) is 0 Å². The van der Waals surface area contributed by atoms with Gasteiger partial charge in [0.25, 0.3) is 6.85 Å². The molecule has 2 bridgehead atoms. The monoisotopic (exact) mass is 284 g/mol. The summed E-state index contributed by atoms with van der Waals surface area (Å²) in [5.74, 6) is 1.82. The molecule has 0 atom stereocenters. The molecule has 1 aromatic rings. The maximum Gasteiger partial charge on any atom is 0.258 e. The molecular weight excluding hydrogens is 255 g/mol. The summed E-state index contributed by atoms with van der Waals surface area (Å²) in [6.07, 6.45) is 9.84. The van der Waals surface area contributed by atoms with Gasteiger partial charge in [-0.2, -0.15) is 0 Å². The van der Waals surface area contributed by atoms with Crippen molar-refractivity contribution in [3.63, 3.8) is 0 Å². The first kappa shape index (κ1) is 15.0. The fourth-order valence-corrected chi connectivity index (χ4v) is 4.31. The Balaban J connectivity index is 1.69. The lowest BCUT2D eigenvalue weighted by atomic mass is 9.34. The molecule has 2 heterocycles. The van der Waals surface area contributed by atoms with Gasteiger partial charge in [-0.1, -0.05) is 63.6 Å². The number of para-hydroxylation sites is 1. The Labute approximate surface area is 130 Å². The lowest BCUT2D eigenvalue weighted by Crippen LogP contribution is -2.41. The summed E-state index contributed by atoms with van der Waals surface area (Å²) >= 11 is 0. The van der Waals surface area contributed by atoms with E-state index in [1.165, 1.54) is 56.2 Å². The zero-order valence-corrected chi connectivity index (χ0v) is 13.4. The van der Waals surface area contributed by atoms with Crippen LogP contribution in [0.3, 0.4) is 0 Å². The molecule has 0 spiro atoms. The number of nitrogens with one attached hydrogen (secondary N) is 2. The first-order valence-corrected chi connectivity index (χ1v) is 8.93. The van der Waals surface area contributed by atoms with Gasteiger partial charge < -0.3 is 10.5 Å². The minimum Gasteiger partial charge on any atom is -0.427 e. The molecule has 2 aliphatic rings. The molecule has 0 saturated carbocycles. The fraction of sp³-hybridized carbons (Fsp3) is 0.667. The van der Waals surface area contributed by atoms with Crippen molar-refractivity contribution in [3.8, 4) is 0 Å². The highest BCUT2D eigenvalue weighted by atomic mass is 14.9. The molecule has 21 heavy (non-hydrogen) atoms. The van der Waals surface area contributed by atoms with E-state index in [9.17, 15) is 0 Å². The van der Waals surface area contributed by atoms with Gasteiger partial charge in [-0.25, -0.2) is 0 Å². The van der Waals surface area contributed by atoms with Crippen molar-refractivity contribution in [3.05, 3.63) is 29.8 Å². The summed E-state index contributed by atoms with van der Waals surface area (Å²) in [6.45, 7) is 5.03. The van der Waals surface area contributed by atoms with Gasteiger partial charge in [0.05, 0.1) is 0 Å². The van der Waals surface area contributed by atoms with Crippen LogP contribution in [0.1, 0.15) is 57.4 Å². The number of rotatable bonds is 6. The maximum atomic E-state index is 3.94. The molecular formula is C18H29BN2. The third-order valence-electron chi connectivity index (χ3n) is 5.40. The number of hydrogen-bond acceptors (Lipinski definition) is 2. The van der Waals surface area contributed by atoms with Gasteiger partial charge in [0.1, 0.15) is 0 Å². The number of fused-ring (bicyclic) bond motifs is 2. The third kappa shape index (κ3) is 3.63. The molecule has 0 radical (unpaired) electrons. The molecule has 114 valence electrons. The second-order valence-electron chi connectivity index (χ2n) is 6.89. The molecule has 0 aromatic heterocycles. The van der Waals surface area contributed by atoms with E-state index in [-0.39, 0.29) is 0 Å². The Hall–Kier alpha value is -0.955. The van der Waals surface area contributed by atoms with Crippen molar-refractivity contribution < 1.29 is 0 Å². The van der Waals surface area contributed by atoms with Crippen LogP contribution < -0.4 is 10.5 Å². The van der Waals surface area contributed by atoms with Crippen LogP contribution in [0.5, 0.6) is 0 Å². The first-order valence-electron chi connectivity index (χ1n) is 8.93. The lowest BCUT2D eigenvalue weighted by molar-refractivity contribution is 0.445. The van der Waals surface area contributed by atoms with Gasteiger partial charge in [0.15, 0.2) is 0 Å². The predicted octanol–water partition coefficient (Wildman–Crippen LogP) is 4.70. The van der Waals surface area contributed by atoms with Crippen LogP contribution in [0.25, 0.3) is 0 Å². The van der Waals surface area contributed by atoms with Crippen molar-refractivity contribution in [1.82, 2.24) is 5.32 Å². The lowest BCUT2D eigenvalue weighted by Gasteiger charge is -2.41. The average molecular weight is 284 g/mol. The molecule has 2 fully saturated rings. The Kier molecular flexibility index (Phi) is 5.24. The van der Waals surface area contributed by atoms with Crippen molar-refractivity contribution in [2.75, 3.05) is 11.8 Å². The largest absolute Gasteiger partial charge is 0.427 e. The van der Waals surface area contributed by atoms with E-state index >= 15 is 0 Å². The molecule has 2 aliphatic heterocycles. The second-order valence-corrected chi connectivity index (χ2v) is 6.89. The number of hydrogen-bond donors (Lipinski definition) is 2. The Morgan fingerprint density at radius 2 is 1.71 bits per heavy atom. The van der Waals surface area contributed by atoms with Crippen LogP contribution in [0, 0.1) is 0 Å². The van der Waals surface area contributed by atoms with Gasteiger partial charge in [-0.3, -0.25) is 0 Å². The van der Waals surface area contributed by atoms with Crippen LogP contribution in [-0.2, 0) is 6.54 Å². The van der Waals surface area contributed by atoms with E-state index < -0.39 is 0 Å². The fourth-order valence-electron chi connectivity index (χ4n) is 4.31. The Morgan fingerprint density at radius 1 is 1.05 bits per heavy atom. The third-order valence-corrected chi connectivity index (χ3v) is 5.40. The van der Waals surface area contributed by atoms with Gasteiger partial charge in [-0.15, -0.1) is 0 Å². The van der Waals surface area contributed by atoms with Crippen LogP contribution >= 0.6 is 0 Å². The highest BCUT2D eigenvalue weighted by Gasteiger charge is 2.39. The van der Waals surface area contributed by atoms with Gasteiger partial charge >= 0.3 is 0 Å². The summed E-state index contributed by atoms with van der Waals surface area (Å²) in [7, 11) is 0. The summed E-state index contributed by atoms with van der Waals surface area (Å²) in [4.78, 5) is 0. The van der Waals surface area contributed by atoms with Crippen LogP contribution in [-0.4, -0.2) is 13.4 Å². The Morgan fingerprint density at radius 3 is 2.38 bits per heavy atom. The van der Waals surface area contributed by atoms with E-state index in [2.05, 4.69) is 41.7 Å². The quantitative estimate of drug-likeness (QED) is 0.584. The molecule has 0 amide bonds. The minimum absolute atomic E-state index is 0.722. The summed E-state index contributed by atoms with van der Waals surface area (Å²) in [6, 6.07) is 8.87. The van der Waals surface area contributed by atoms with Gasteiger partial charge in [0.2, 0.25) is 0 Å².